The van der Waals surface area contributed by atoms with Gasteiger partial charge in [0, 0.05) is 22.3 Å². The molecular formula is C25H32Cl2N2O3. The normalized spacial score (nSPS) is 18.7. The Kier molecular flexibility index (Phi) is 10.3. The second-order valence-corrected chi connectivity index (χ2v) is 9.28. The minimum atomic E-state index is -0.679. The highest BCUT2D eigenvalue weighted by atomic mass is 35.5. The van der Waals surface area contributed by atoms with Crippen molar-refractivity contribution in [3.05, 3.63) is 63.1 Å². The van der Waals surface area contributed by atoms with Crippen LogP contribution in [0.4, 0.5) is 5.69 Å². The molecular weight excluding hydrogens is 447 g/mol. The van der Waals surface area contributed by atoms with Crippen LogP contribution in [0, 0.1) is 25.7 Å². The number of amides is 1. The predicted molar refractivity (Wildman–Crippen MR) is 132 cm³/mol. The Morgan fingerprint density at radius 1 is 1.12 bits per heavy atom. The number of carboxylic acid groups (broad SMARTS) is 1. The Balaban J connectivity index is 0.000000244. The van der Waals surface area contributed by atoms with Crippen molar-refractivity contribution in [3.63, 3.8) is 0 Å². The van der Waals surface area contributed by atoms with Crippen LogP contribution in [0.3, 0.4) is 0 Å². The van der Waals surface area contributed by atoms with Gasteiger partial charge >= 0.3 is 5.97 Å². The van der Waals surface area contributed by atoms with Crippen LogP contribution in [-0.2, 0) is 9.59 Å². The number of benzene rings is 2. The molecule has 1 aliphatic carbocycles. The van der Waals surface area contributed by atoms with E-state index in [0.29, 0.717) is 23.9 Å². The average molecular weight is 479 g/mol. The molecule has 0 bridgehead atoms. The number of rotatable bonds is 7. The molecule has 1 saturated carbocycles. The number of hydrogen-bond donors (Lipinski definition) is 3. The summed E-state index contributed by atoms with van der Waals surface area (Å²) >= 11 is 12.3. The van der Waals surface area contributed by atoms with E-state index in [-0.39, 0.29) is 12.0 Å². The van der Waals surface area contributed by atoms with Crippen molar-refractivity contribution >= 4 is 41.3 Å². The van der Waals surface area contributed by atoms with Crippen LogP contribution in [-0.4, -0.2) is 24.0 Å². The van der Waals surface area contributed by atoms with E-state index in [0.717, 1.165) is 42.0 Å². The van der Waals surface area contributed by atoms with Gasteiger partial charge in [0.15, 0.2) is 0 Å². The molecule has 1 amide bonds. The third-order valence-electron chi connectivity index (χ3n) is 5.86. The molecule has 0 saturated heterocycles. The van der Waals surface area contributed by atoms with Gasteiger partial charge in [0.2, 0.25) is 6.41 Å². The topological polar surface area (TPSA) is 78.4 Å². The van der Waals surface area contributed by atoms with E-state index >= 15 is 0 Å². The first-order valence-corrected chi connectivity index (χ1v) is 11.7. The highest BCUT2D eigenvalue weighted by molar-refractivity contribution is 6.33. The molecule has 0 heterocycles. The van der Waals surface area contributed by atoms with E-state index in [2.05, 4.69) is 49.6 Å². The molecule has 2 aromatic rings. The molecule has 2 aromatic carbocycles. The average Bonchev–Trinajstić information content (AvgIpc) is 2.76. The second-order valence-electron chi connectivity index (χ2n) is 8.43. The van der Waals surface area contributed by atoms with Crippen molar-refractivity contribution in [1.82, 2.24) is 5.32 Å². The molecule has 0 aliphatic heterocycles. The Hall–Kier alpha value is -2.24. The predicted octanol–water partition coefficient (Wildman–Crippen LogP) is 6.41. The fourth-order valence-electron chi connectivity index (χ4n) is 3.96. The highest BCUT2D eigenvalue weighted by Crippen LogP contribution is 2.30. The van der Waals surface area contributed by atoms with Gasteiger partial charge in [0.05, 0.1) is 12.0 Å². The fourth-order valence-corrected chi connectivity index (χ4v) is 4.42. The van der Waals surface area contributed by atoms with Crippen LogP contribution in [0.1, 0.15) is 55.3 Å². The van der Waals surface area contributed by atoms with Gasteiger partial charge in [0.25, 0.3) is 0 Å². The molecule has 7 heteroatoms. The van der Waals surface area contributed by atoms with Crippen LogP contribution >= 0.6 is 23.2 Å². The molecule has 0 unspecified atom stereocenters. The number of hydrogen-bond acceptors (Lipinski definition) is 3. The summed E-state index contributed by atoms with van der Waals surface area (Å²) < 4.78 is 0. The summed E-state index contributed by atoms with van der Waals surface area (Å²) in [4.78, 5) is 20.6. The van der Waals surface area contributed by atoms with E-state index in [1.807, 2.05) is 12.1 Å². The first-order chi connectivity index (χ1) is 15.2. The Bertz CT molecular complexity index is 912. The van der Waals surface area contributed by atoms with Gasteiger partial charge < -0.3 is 15.7 Å². The van der Waals surface area contributed by atoms with Crippen molar-refractivity contribution in [2.24, 2.45) is 11.8 Å². The van der Waals surface area contributed by atoms with Crippen molar-refractivity contribution < 1.29 is 14.7 Å². The first-order valence-electron chi connectivity index (χ1n) is 10.9. The Morgan fingerprint density at radius 2 is 1.81 bits per heavy atom. The number of carboxylic acids is 1. The third-order valence-corrected chi connectivity index (χ3v) is 6.44. The number of aryl methyl sites for hydroxylation is 2. The van der Waals surface area contributed by atoms with E-state index < -0.39 is 5.97 Å². The molecule has 0 spiro atoms. The standard InChI is InChI=1S/C16H17Cl2N.C9H15NO3/c1-10-4-7-16(11(2)8-10)19-12(3)14-9-13(17)5-6-15(14)18;11-6-10-5-7-1-3-8(4-2-7)9(12)13/h4-9,12,19H,1-3H3;6-8H,1-5H2,(H,10,11)(H,12,13)/t12-;/m0./s1. The third kappa shape index (κ3) is 8.03. The fraction of sp³-hybridized carbons (Fsp3) is 0.440. The highest BCUT2D eigenvalue weighted by Gasteiger charge is 2.25. The summed E-state index contributed by atoms with van der Waals surface area (Å²) in [5, 5.41) is 16.3. The lowest BCUT2D eigenvalue weighted by atomic mass is 9.82. The van der Waals surface area contributed by atoms with Crippen molar-refractivity contribution in [1.29, 1.82) is 0 Å². The van der Waals surface area contributed by atoms with Gasteiger partial charge in [-0.25, -0.2) is 0 Å². The van der Waals surface area contributed by atoms with Crippen molar-refractivity contribution in [2.75, 3.05) is 11.9 Å². The number of carbonyl (C=O) groups is 2. The van der Waals surface area contributed by atoms with E-state index in [9.17, 15) is 9.59 Å². The van der Waals surface area contributed by atoms with Crippen LogP contribution in [0.5, 0.6) is 0 Å². The number of anilines is 1. The van der Waals surface area contributed by atoms with E-state index in [1.165, 1.54) is 11.1 Å². The maximum Gasteiger partial charge on any atom is 0.306 e. The first kappa shape index (κ1) is 26.0. The van der Waals surface area contributed by atoms with Crippen LogP contribution in [0.25, 0.3) is 0 Å². The summed E-state index contributed by atoms with van der Waals surface area (Å²) in [7, 11) is 0. The lowest BCUT2D eigenvalue weighted by Gasteiger charge is -2.25. The number of nitrogens with one attached hydrogen (secondary N) is 2. The Labute approximate surface area is 200 Å². The molecule has 1 aliphatic rings. The summed E-state index contributed by atoms with van der Waals surface area (Å²) in [6.45, 7) is 6.96. The number of halogens is 2. The van der Waals surface area contributed by atoms with Gasteiger partial charge in [-0.15, -0.1) is 0 Å². The Morgan fingerprint density at radius 3 is 2.41 bits per heavy atom. The smallest absolute Gasteiger partial charge is 0.306 e. The largest absolute Gasteiger partial charge is 0.481 e. The quantitative estimate of drug-likeness (QED) is 0.401. The molecule has 174 valence electrons. The molecule has 5 nitrogen and oxygen atoms in total. The molecule has 32 heavy (non-hydrogen) atoms. The van der Waals surface area contributed by atoms with E-state index in [1.54, 1.807) is 6.07 Å². The van der Waals surface area contributed by atoms with E-state index in [4.69, 9.17) is 28.3 Å². The summed E-state index contributed by atoms with van der Waals surface area (Å²) in [5.74, 6) is -0.366. The summed E-state index contributed by atoms with van der Waals surface area (Å²) in [5.41, 5.74) is 4.62. The monoisotopic (exact) mass is 478 g/mol. The van der Waals surface area contributed by atoms with Crippen LogP contribution < -0.4 is 10.6 Å². The molecule has 0 aromatic heterocycles. The molecule has 1 fully saturated rings. The van der Waals surface area contributed by atoms with Crippen LogP contribution in [0.2, 0.25) is 10.0 Å². The molecule has 3 rings (SSSR count). The summed E-state index contributed by atoms with van der Waals surface area (Å²) in [6, 6.07) is 12.0. The second kappa shape index (κ2) is 12.7. The van der Waals surface area contributed by atoms with Crippen LogP contribution in [0.15, 0.2) is 36.4 Å². The van der Waals surface area contributed by atoms with Gasteiger partial charge in [-0.2, -0.15) is 0 Å². The zero-order chi connectivity index (χ0) is 23.7. The van der Waals surface area contributed by atoms with Gasteiger partial charge in [-0.3, -0.25) is 9.59 Å². The molecule has 3 N–H and O–H groups in total. The lowest BCUT2D eigenvalue weighted by molar-refractivity contribution is -0.143. The molecule has 1 atom stereocenters. The van der Waals surface area contributed by atoms with Crippen molar-refractivity contribution in [2.45, 2.75) is 52.5 Å². The number of aliphatic carboxylic acids is 1. The molecule has 0 radical (unpaired) electrons. The summed E-state index contributed by atoms with van der Waals surface area (Å²) in [6.07, 6.45) is 4.03. The van der Waals surface area contributed by atoms with Gasteiger partial charge in [-0.05, 0) is 87.8 Å². The zero-order valence-electron chi connectivity index (χ0n) is 18.8. The lowest BCUT2D eigenvalue weighted by Crippen LogP contribution is -2.28. The SMILES string of the molecule is Cc1ccc(N[C@@H](C)c2cc(Cl)ccc2Cl)c(C)c1.O=CNCC1CCC(C(=O)O)CC1. The maximum atomic E-state index is 10.6. The van der Waals surface area contributed by atoms with Crippen molar-refractivity contribution in [3.8, 4) is 0 Å². The maximum absolute atomic E-state index is 10.6. The van der Waals surface area contributed by atoms with Gasteiger partial charge in [-0.1, -0.05) is 40.9 Å². The van der Waals surface area contributed by atoms with Gasteiger partial charge in [0.1, 0.15) is 0 Å². The number of carbonyl (C=O) groups excluding carboxylic acids is 1. The minimum Gasteiger partial charge on any atom is -0.481 e. The zero-order valence-corrected chi connectivity index (χ0v) is 20.3. The minimum absolute atomic E-state index is 0.104.